The maximum Gasteiger partial charge on any atom is 0.200 e. The third kappa shape index (κ3) is 2.54. The third-order valence-electron chi connectivity index (χ3n) is 4.23. The molecule has 0 bridgehead atoms. The first-order valence-corrected chi connectivity index (χ1v) is 7.84. The smallest absolute Gasteiger partial charge is 0.200 e. The molecule has 1 aliphatic heterocycles. The van der Waals surface area contributed by atoms with Gasteiger partial charge in [-0.3, -0.25) is 4.79 Å². The van der Waals surface area contributed by atoms with E-state index in [9.17, 15) is 15.0 Å². The van der Waals surface area contributed by atoms with Crippen molar-refractivity contribution < 1.29 is 19.4 Å². The lowest BCUT2D eigenvalue weighted by molar-refractivity contribution is 0.159. The van der Waals surface area contributed by atoms with E-state index in [-0.39, 0.29) is 16.9 Å². The number of phenolic OH excluding ortho intramolecular Hbond substituents is 2. The van der Waals surface area contributed by atoms with E-state index in [1.54, 1.807) is 18.2 Å². The standard InChI is InChI=1S/C20H16O5/c1-20(2)6-5-12-7-13-18(9-17(12)25-20)24-10-14(19(13)23)11-3-4-15(21)16(22)8-11/h3-10,21-22H,1-2H3. The highest BCUT2D eigenvalue weighted by Crippen LogP contribution is 2.35. The van der Waals surface area contributed by atoms with Gasteiger partial charge in [-0.1, -0.05) is 12.1 Å². The predicted molar refractivity (Wildman–Crippen MR) is 95.0 cm³/mol. The van der Waals surface area contributed by atoms with Gasteiger partial charge < -0.3 is 19.4 Å². The Bertz CT molecular complexity index is 1090. The van der Waals surface area contributed by atoms with Gasteiger partial charge in [0, 0.05) is 11.6 Å². The van der Waals surface area contributed by atoms with Gasteiger partial charge in [-0.15, -0.1) is 0 Å². The molecule has 0 spiro atoms. The average molecular weight is 336 g/mol. The maximum absolute atomic E-state index is 12.9. The molecule has 0 amide bonds. The second kappa shape index (κ2) is 5.14. The molecule has 2 aromatic carbocycles. The van der Waals surface area contributed by atoms with E-state index in [1.807, 2.05) is 26.0 Å². The maximum atomic E-state index is 12.9. The molecule has 0 fully saturated rings. The van der Waals surface area contributed by atoms with Crippen molar-refractivity contribution in [1.82, 2.24) is 0 Å². The molecule has 1 aromatic heterocycles. The zero-order valence-corrected chi connectivity index (χ0v) is 13.7. The lowest BCUT2D eigenvalue weighted by Gasteiger charge is -2.27. The van der Waals surface area contributed by atoms with Crippen molar-refractivity contribution in [2.75, 3.05) is 0 Å². The van der Waals surface area contributed by atoms with Crippen LogP contribution in [0, 0.1) is 0 Å². The first-order chi connectivity index (χ1) is 11.8. The van der Waals surface area contributed by atoms with Crippen LogP contribution in [0.5, 0.6) is 17.2 Å². The second-order valence-corrected chi connectivity index (χ2v) is 6.61. The number of aromatic hydroxyl groups is 2. The molecule has 1 aliphatic rings. The van der Waals surface area contributed by atoms with Crippen LogP contribution in [-0.2, 0) is 0 Å². The Hall–Kier alpha value is -3.21. The molecule has 126 valence electrons. The fourth-order valence-corrected chi connectivity index (χ4v) is 2.89. The molecule has 3 aromatic rings. The first kappa shape index (κ1) is 15.3. The summed E-state index contributed by atoms with van der Waals surface area (Å²) in [6.07, 6.45) is 5.22. The fourth-order valence-electron chi connectivity index (χ4n) is 2.89. The van der Waals surface area contributed by atoms with E-state index in [1.165, 1.54) is 18.4 Å². The van der Waals surface area contributed by atoms with Crippen LogP contribution in [0.1, 0.15) is 19.4 Å². The van der Waals surface area contributed by atoms with Gasteiger partial charge in [-0.2, -0.15) is 0 Å². The Morgan fingerprint density at radius 3 is 2.60 bits per heavy atom. The van der Waals surface area contributed by atoms with Gasteiger partial charge >= 0.3 is 0 Å². The Morgan fingerprint density at radius 1 is 1.04 bits per heavy atom. The van der Waals surface area contributed by atoms with Crippen molar-refractivity contribution in [2.45, 2.75) is 19.4 Å². The summed E-state index contributed by atoms with van der Waals surface area (Å²) in [7, 11) is 0. The highest BCUT2D eigenvalue weighted by atomic mass is 16.5. The Balaban J connectivity index is 1.91. The number of benzene rings is 2. The monoisotopic (exact) mass is 336 g/mol. The number of hydrogen-bond acceptors (Lipinski definition) is 5. The van der Waals surface area contributed by atoms with E-state index < -0.39 is 5.60 Å². The zero-order chi connectivity index (χ0) is 17.8. The largest absolute Gasteiger partial charge is 0.504 e. The van der Waals surface area contributed by atoms with Gasteiger partial charge in [0.25, 0.3) is 0 Å². The molecule has 2 N–H and O–H groups in total. The van der Waals surface area contributed by atoms with Crippen LogP contribution in [-0.4, -0.2) is 15.8 Å². The summed E-state index contributed by atoms with van der Waals surface area (Å²) in [5, 5.41) is 19.5. The van der Waals surface area contributed by atoms with Crippen LogP contribution in [0.15, 0.2) is 51.9 Å². The molecular weight excluding hydrogens is 320 g/mol. The second-order valence-electron chi connectivity index (χ2n) is 6.61. The van der Waals surface area contributed by atoms with E-state index >= 15 is 0 Å². The van der Waals surface area contributed by atoms with Crippen molar-refractivity contribution in [1.29, 1.82) is 0 Å². The molecule has 0 saturated carbocycles. The minimum atomic E-state index is -0.412. The van der Waals surface area contributed by atoms with Crippen molar-refractivity contribution in [3.05, 3.63) is 58.5 Å². The molecule has 0 saturated heterocycles. The minimum absolute atomic E-state index is 0.215. The fraction of sp³-hybridized carbons (Fsp3) is 0.150. The van der Waals surface area contributed by atoms with Gasteiger partial charge in [-0.05, 0) is 43.7 Å². The topological polar surface area (TPSA) is 79.9 Å². The quantitative estimate of drug-likeness (QED) is 0.655. The Morgan fingerprint density at radius 2 is 1.84 bits per heavy atom. The third-order valence-corrected chi connectivity index (χ3v) is 4.23. The highest BCUT2D eigenvalue weighted by Gasteiger charge is 2.23. The Kier molecular flexibility index (Phi) is 3.15. The predicted octanol–water partition coefficient (Wildman–Crippen LogP) is 4.06. The molecule has 0 radical (unpaired) electrons. The Labute approximate surface area is 143 Å². The van der Waals surface area contributed by atoms with Crippen molar-refractivity contribution in [3.63, 3.8) is 0 Å². The molecule has 5 nitrogen and oxygen atoms in total. The lowest BCUT2D eigenvalue weighted by Crippen LogP contribution is -2.27. The number of hydrogen-bond donors (Lipinski definition) is 2. The van der Waals surface area contributed by atoms with Crippen LogP contribution in [0.2, 0.25) is 0 Å². The van der Waals surface area contributed by atoms with Gasteiger partial charge in [-0.25, -0.2) is 0 Å². The van der Waals surface area contributed by atoms with Crippen molar-refractivity contribution in [3.8, 4) is 28.4 Å². The van der Waals surface area contributed by atoms with Crippen LogP contribution in [0.25, 0.3) is 28.2 Å². The number of phenols is 2. The number of fused-ring (bicyclic) bond motifs is 2. The minimum Gasteiger partial charge on any atom is -0.504 e. The van der Waals surface area contributed by atoms with E-state index in [0.717, 1.165) is 5.56 Å². The molecule has 5 heteroatoms. The molecule has 2 heterocycles. The average Bonchev–Trinajstić information content (AvgIpc) is 2.56. The highest BCUT2D eigenvalue weighted by molar-refractivity contribution is 5.86. The normalized spacial score (nSPS) is 15.0. The molecule has 0 unspecified atom stereocenters. The molecule has 0 aliphatic carbocycles. The number of ether oxygens (including phenoxy) is 1. The van der Waals surface area contributed by atoms with Gasteiger partial charge in [0.05, 0.1) is 10.9 Å². The van der Waals surface area contributed by atoms with E-state index in [2.05, 4.69) is 0 Å². The summed E-state index contributed by atoms with van der Waals surface area (Å²) in [6, 6.07) is 7.68. The molecule has 4 rings (SSSR count). The van der Waals surface area contributed by atoms with Gasteiger partial charge in [0.15, 0.2) is 11.5 Å². The van der Waals surface area contributed by atoms with Gasteiger partial charge in [0.1, 0.15) is 23.2 Å². The van der Waals surface area contributed by atoms with Crippen LogP contribution in [0.4, 0.5) is 0 Å². The summed E-state index contributed by atoms with van der Waals surface area (Å²) in [5.74, 6) is 0.132. The van der Waals surface area contributed by atoms with Crippen LogP contribution >= 0.6 is 0 Å². The van der Waals surface area contributed by atoms with Gasteiger partial charge in [0.2, 0.25) is 5.43 Å². The van der Waals surface area contributed by atoms with Crippen LogP contribution in [0.3, 0.4) is 0 Å². The molecule has 0 atom stereocenters. The SMILES string of the molecule is CC1(C)C=Cc2cc3c(=O)c(-c4ccc(O)c(O)c4)coc3cc2O1. The van der Waals surface area contributed by atoms with E-state index in [0.29, 0.717) is 27.8 Å². The lowest BCUT2D eigenvalue weighted by atomic mass is 9.99. The summed E-state index contributed by atoms with van der Waals surface area (Å²) < 4.78 is 11.5. The van der Waals surface area contributed by atoms with Crippen LogP contribution < -0.4 is 10.2 Å². The summed E-state index contributed by atoms with van der Waals surface area (Å²) in [4.78, 5) is 12.9. The first-order valence-electron chi connectivity index (χ1n) is 7.84. The summed E-state index contributed by atoms with van der Waals surface area (Å²) in [5.41, 5.74) is 1.39. The number of rotatable bonds is 1. The summed E-state index contributed by atoms with van der Waals surface area (Å²) >= 11 is 0. The van der Waals surface area contributed by atoms with Crippen molar-refractivity contribution in [2.24, 2.45) is 0 Å². The zero-order valence-electron chi connectivity index (χ0n) is 13.7. The summed E-state index contributed by atoms with van der Waals surface area (Å²) in [6.45, 7) is 3.90. The molecule has 25 heavy (non-hydrogen) atoms. The van der Waals surface area contributed by atoms with E-state index in [4.69, 9.17) is 9.15 Å². The molecular formula is C20H16O5. The van der Waals surface area contributed by atoms with Crippen molar-refractivity contribution >= 4 is 17.0 Å².